The molecule has 0 amide bonds. The Labute approximate surface area is 302 Å². The zero-order chi connectivity index (χ0) is 35.5. The zero-order valence-corrected chi connectivity index (χ0v) is 30.9. The van der Waals surface area contributed by atoms with Gasteiger partial charge in [0.05, 0.1) is 5.41 Å². The van der Waals surface area contributed by atoms with Crippen molar-refractivity contribution in [1.29, 1.82) is 0 Å². The summed E-state index contributed by atoms with van der Waals surface area (Å²) in [6.45, 7) is 9.24. The van der Waals surface area contributed by atoms with Crippen molar-refractivity contribution in [3.8, 4) is 0 Å². The molecule has 0 unspecified atom stereocenters. The lowest BCUT2D eigenvalue weighted by atomic mass is 9.78. The monoisotopic (exact) mass is 677 g/mol. The molecule has 51 heavy (non-hydrogen) atoms. The van der Waals surface area contributed by atoms with Gasteiger partial charge in [-0.25, -0.2) is 4.79 Å². The molecule has 0 aromatic heterocycles. The Morgan fingerprint density at radius 3 is 2.18 bits per heavy atom. The lowest BCUT2D eigenvalue weighted by Gasteiger charge is -2.25. The van der Waals surface area contributed by atoms with E-state index in [0.29, 0.717) is 5.76 Å². The van der Waals surface area contributed by atoms with Gasteiger partial charge in [0.1, 0.15) is 18.9 Å². The van der Waals surface area contributed by atoms with Crippen molar-refractivity contribution in [2.24, 2.45) is 0 Å². The largest absolute Gasteiger partial charge is 0.514 e. The topological polar surface area (TPSA) is 41.8 Å². The van der Waals surface area contributed by atoms with Crippen LogP contribution in [0.2, 0.25) is 0 Å². The van der Waals surface area contributed by atoms with Crippen LogP contribution in [0.5, 0.6) is 0 Å². The first-order valence-electron chi connectivity index (χ1n) is 18.7. The molecule has 4 aliphatic rings. The quantitative estimate of drug-likeness (QED) is 0.156. The fraction of sp³-hybridized carbons (Fsp3) is 0.348. The summed E-state index contributed by atoms with van der Waals surface area (Å²) in [5, 5.41) is 5.09. The number of allylic oxidation sites excluding steroid dienone is 7. The van der Waals surface area contributed by atoms with Gasteiger partial charge in [0, 0.05) is 41.6 Å². The Kier molecular flexibility index (Phi) is 8.28. The molecule has 260 valence electrons. The van der Waals surface area contributed by atoms with Gasteiger partial charge in [-0.1, -0.05) is 74.5 Å². The first-order valence-corrected chi connectivity index (χ1v) is 18.7. The van der Waals surface area contributed by atoms with E-state index in [1.165, 1.54) is 55.5 Å². The maximum absolute atomic E-state index is 13.4. The van der Waals surface area contributed by atoms with Crippen LogP contribution in [0.1, 0.15) is 83.8 Å². The van der Waals surface area contributed by atoms with Gasteiger partial charge in [0.25, 0.3) is 0 Å². The molecule has 0 spiro atoms. The summed E-state index contributed by atoms with van der Waals surface area (Å²) in [7, 11) is 4.32. The van der Waals surface area contributed by atoms with E-state index in [0.717, 1.165) is 56.1 Å². The van der Waals surface area contributed by atoms with Crippen molar-refractivity contribution in [1.82, 2.24) is 0 Å². The molecule has 0 radical (unpaired) electrons. The van der Waals surface area contributed by atoms with E-state index in [1.54, 1.807) is 0 Å². The normalized spacial score (nSPS) is 21.5. The number of anilines is 1. The molecule has 0 saturated heterocycles. The Morgan fingerprint density at radius 1 is 0.784 bits per heavy atom. The summed E-state index contributed by atoms with van der Waals surface area (Å²) >= 11 is 0. The smallest absolute Gasteiger partial charge is 0.431 e. The zero-order valence-electron chi connectivity index (χ0n) is 30.9. The number of fused-ring (bicyclic) bond motifs is 6. The molecule has 4 aromatic carbocycles. The fourth-order valence-corrected chi connectivity index (χ4v) is 9.35. The van der Waals surface area contributed by atoms with Gasteiger partial charge in [-0.15, -0.1) is 0 Å². The predicted molar refractivity (Wildman–Crippen MR) is 209 cm³/mol. The van der Waals surface area contributed by atoms with Crippen LogP contribution in [0, 0.1) is 0 Å². The molecule has 8 rings (SSSR count). The second kappa shape index (κ2) is 12.7. The number of rotatable bonds is 5. The van der Waals surface area contributed by atoms with Crippen molar-refractivity contribution in [2.45, 2.75) is 89.6 Å². The van der Waals surface area contributed by atoms with Gasteiger partial charge < -0.3 is 14.4 Å². The third-order valence-electron chi connectivity index (χ3n) is 11.9. The second-order valence-corrected chi connectivity index (χ2v) is 15.8. The Morgan fingerprint density at radius 2 is 1.45 bits per heavy atom. The van der Waals surface area contributed by atoms with Crippen LogP contribution in [0.15, 0.2) is 120 Å². The molecule has 5 heteroatoms. The SMILES string of the molecule is CN1/C(=C/C=C2\CCCC(/C=C/C3=[N+](C)c4ccc5ccccc5c4C3(C)C)=C2OC(=O)OC2CCCC2)C(C)(C)c2c1ccc1ccccc21. The second-order valence-electron chi connectivity index (χ2n) is 15.8. The molecule has 1 saturated carbocycles. The third kappa shape index (κ3) is 5.62. The number of hydrogen-bond donors (Lipinski definition) is 0. The van der Waals surface area contributed by atoms with Crippen LogP contribution in [0.4, 0.5) is 16.2 Å². The average Bonchev–Trinajstić information content (AvgIpc) is 3.75. The first-order chi connectivity index (χ1) is 24.6. The summed E-state index contributed by atoms with van der Waals surface area (Å²) in [6.07, 6.45) is 14.8. The minimum atomic E-state index is -0.592. The standard InChI is InChI=1S/C46H49N2O3/c1-45(2)39(47(5)37-26-22-30-14-7-11-20-35(30)41(37)45)28-24-32-16-13-17-33(43(32)51-44(49)50-34-18-9-10-19-34)25-29-40-46(3,4)42-36-21-12-8-15-31(36)23-27-38(42)48(40)6/h7-8,11-12,14-15,20-29,34H,9-10,13,16-19H2,1-6H3/q+1. The number of carbonyl (C=O) groups excluding carboxylic acids is 1. The molecule has 4 aromatic rings. The van der Waals surface area contributed by atoms with Crippen LogP contribution in [-0.2, 0) is 20.3 Å². The van der Waals surface area contributed by atoms with Crippen molar-refractivity contribution < 1.29 is 18.8 Å². The van der Waals surface area contributed by atoms with E-state index in [1.807, 2.05) is 0 Å². The lowest BCUT2D eigenvalue weighted by molar-refractivity contribution is -0.401. The van der Waals surface area contributed by atoms with Crippen molar-refractivity contribution in [3.05, 3.63) is 131 Å². The molecular formula is C46H49N2O3+. The van der Waals surface area contributed by atoms with Crippen LogP contribution in [-0.4, -0.2) is 36.6 Å². The van der Waals surface area contributed by atoms with Crippen LogP contribution >= 0.6 is 0 Å². The highest BCUT2D eigenvalue weighted by Crippen LogP contribution is 2.50. The van der Waals surface area contributed by atoms with E-state index in [2.05, 4.69) is 148 Å². The summed E-state index contributed by atoms with van der Waals surface area (Å²) in [4.78, 5) is 15.7. The summed E-state index contributed by atoms with van der Waals surface area (Å²) in [5.74, 6) is 0.640. The predicted octanol–water partition coefficient (Wildman–Crippen LogP) is 11.3. The lowest BCUT2D eigenvalue weighted by Crippen LogP contribution is -2.27. The maximum atomic E-state index is 13.4. The number of likely N-dealkylation sites (N-methyl/N-ethyl adjacent to an activating group) is 1. The highest BCUT2D eigenvalue weighted by Gasteiger charge is 2.44. The minimum absolute atomic E-state index is 0.0617. The van der Waals surface area contributed by atoms with Gasteiger partial charge in [-0.05, 0) is 121 Å². The number of ether oxygens (including phenoxy) is 2. The minimum Gasteiger partial charge on any atom is -0.431 e. The Bertz CT molecular complexity index is 2240. The highest BCUT2D eigenvalue weighted by molar-refractivity contribution is 6.07. The van der Waals surface area contributed by atoms with E-state index in [9.17, 15) is 4.79 Å². The van der Waals surface area contributed by atoms with Crippen LogP contribution in [0.25, 0.3) is 21.5 Å². The number of carbonyl (C=O) groups is 1. The molecule has 2 aliphatic carbocycles. The molecule has 0 bridgehead atoms. The molecule has 0 atom stereocenters. The van der Waals surface area contributed by atoms with Crippen LogP contribution in [0.3, 0.4) is 0 Å². The van der Waals surface area contributed by atoms with E-state index in [4.69, 9.17) is 9.47 Å². The van der Waals surface area contributed by atoms with E-state index < -0.39 is 6.16 Å². The van der Waals surface area contributed by atoms with Gasteiger partial charge in [-0.2, -0.15) is 4.58 Å². The molecule has 2 aliphatic heterocycles. The summed E-state index contributed by atoms with van der Waals surface area (Å²) in [5.41, 5.74) is 9.23. The molecule has 0 N–H and O–H groups in total. The number of hydrogen-bond acceptors (Lipinski definition) is 4. The maximum Gasteiger partial charge on any atom is 0.514 e. The summed E-state index contributed by atoms with van der Waals surface area (Å²) < 4.78 is 14.4. The average molecular weight is 678 g/mol. The third-order valence-corrected chi connectivity index (χ3v) is 11.9. The molecule has 2 heterocycles. The van der Waals surface area contributed by atoms with Gasteiger partial charge in [0.15, 0.2) is 5.71 Å². The Balaban J connectivity index is 1.18. The van der Waals surface area contributed by atoms with E-state index in [-0.39, 0.29) is 16.9 Å². The van der Waals surface area contributed by atoms with Crippen molar-refractivity contribution in [3.63, 3.8) is 0 Å². The van der Waals surface area contributed by atoms with Crippen molar-refractivity contribution >= 4 is 44.8 Å². The van der Waals surface area contributed by atoms with Gasteiger partial charge >= 0.3 is 6.16 Å². The highest BCUT2D eigenvalue weighted by atomic mass is 16.7. The first kappa shape index (κ1) is 33.3. The molecule has 1 fully saturated rings. The van der Waals surface area contributed by atoms with Gasteiger partial charge in [0.2, 0.25) is 5.69 Å². The van der Waals surface area contributed by atoms with Gasteiger partial charge in [-0.3, -0.25) is 0 Å². The van der Waals surface area contributed by atoms with Crippen LogP contribution < -0.4 is 4.90 Å². The Hall–Kier alpha value is -4.90. The molecule has 5 nitrogen and oxygen atoms in total. The van der Waals surface area contributed by atoms with E-state index >= 15 is 0 Å². The summed E-state index contributed by atoms with van der Waals surface area (Å²) in [6, 6.07) is 26.2. The van der Waals surface area contributed by atoms with Crippen molar-refractivity contribution in [2.75, 3.05) is 19.0 Å². The molecular weight excluding hydrogens is 629 g/mol. The fourth-order valence-electron chi connectivity index (χ4n) is 9.35. The number of nitrogens with zero attached hydrogens (tertiary/aromatic N) is 2. The number of benzene rings is 4.